The molecular formula is C11H14IN. The smallest absolute Gasteiger partial charge is 0.0332 e. The maximum Gasteiger partial charge on any atom is 0.0332 e. The Morgan fingerprint density at radius 1 is 1.62 bits per heavy atom. The number of hydrogen-bond acceptors (Lipinski definition) is 1. The average molecular weight is 287 g/mol. The second-order valence-corrected chi connectivity index (χ2v) is 4.38. The molecule has 1 rings (SSSR count). The summed E-state index contributed by atoms with van der Waals surface area (Å²) in [5.41, 5.74) is 8.49. The van der Waals surface area contributed by atoms with Crippen molar-refractivity contribution < 1.29 is 0 Å². The molecule has 2 N–H and O–H groups in total. The Hall–Kier alpha value is -0.350. The van der Waals surface area contributed by atoms with Gasteiger partial charge in [-0.3, -0.25) is 0 Å². The largest absolute Gasteiger partial charge is 0.324 e. The highest BCUT2D eigenvalue weighted by atomic mass is 127. The molecule has 0 amide bonds. The Morgan fingerprint density at radius 2 is 2.31 bits per heavy atom. The molecule has 0 saturated heterocycles. The highest BCUT2D eigenvalue weighted by molar-refractivity contribution is 14.1. The molecule has 0 aromatic heterocycles. The number of hydrogen-bond donors (Lipinski definition) is 1. The van der Waals surface area contributed by atoms with E-state index in [0.717, 1.165) is 6.42 Å². The lowest BCUT2D eigenvalue weighted by molar-refractivity contribution is 0.735. The molecule has 70 valence electrons. The molecule has 13 heavy (non-hydrogen) atoms. The monoisotopic (exact) mass is 287 g/mol. The van der Waals surface area contributed by atoms with Crippen LogP contribution in [0.25, 0.3) is 0 Å². The van der Waals surface area contributed by atoms with Crippen LogP contribution in [0.2, 0.25) is 0 Å². The van der Waals surface area contributed by atoms with Crippen molar-refractivity contribution in [3.63, 3.8) is 0 Å². The molecule has 0 saturated carbocycles. The van der Waals surface area contributed by atoms with Crippen LogP contribution in [-0.2, 0) is 0 Å². The third-order valence-corrected chi connectivity index (χ3v) is 2.73. The first-order valence-electron chi connectivity index (χ1n) is 4.27. The molecule has 1 nitrogen and oxygen atoms in total. The Morgan fingerprint density at radius 3 is 2.92 bits per heavy atom. The van der Waals surface area contributed by atoms with E-state index in [1.807, 2.05) is 6.08 Å². The van der Waals surface area contributed by atoms with Crippen LogP contribution < -0.4 is 5.73 Å². The van der Waals surface area contributed by atoms with E-state index >= 15 is 0 Å². The van der Waals surface area contributed by atoms with E-state index in [9.17, 15) is 0 Å². The Kier molecular flexibility index (Phi) is 3.93. The molecule has 1 atom stereocenters. The molecule has 0 aliphatic heterocycles. The zero-order valence-electron chi connectivity index (χ0n) is 7.76. The van der Waals surface area contributed by atoms with Gasteiger partial charge >= 0.3 is 0 Å². The molecule has 0 aliphatic rings. The first kappa shape index (κ1) is 10.7. The fraction of sp³-hybridized carbons (Fsp3) is 0.273. The van der Waals surface area contributed by atoms with Crippen LogP contribution in [0.4, 0.5) is 0 Å². The van der Waals surface area contributed by atoms with Gasteiger partial charge in [-0.2, -0.15) is 0 Å². The molecule has 0 heterocycles. The van der Waals surface area contributed by atoms with Gasteiger partial charge in [0.1, 0.15) is 0 Å². The van der Waals surface area contributed by atoms with Gasteiger partial charge in [-0.25, -0.2) is 0 Å². The van der Waals surface area contributed by atoms with E-state index in [2.05, 4.69) is 54.3 Å². The van der Waals surface area contributed by atoms with Gasteiger partial charge in [0.05, 0.1) is 0 Å². The van der Waals surface area contributed by atoms with E-state index in [4.69, 9.17) is 5.73 Å². The van der Waals surface area contributed by atoms with Crippen molar-refractivity contribution in [1.29, 1.82) is 0 Å². The molecule has 1 unspecified atom stereocenters. The van der Waals surface area contributed by atoms with E-state index in [0.29, 0.717) is 0 Å². The minimum absolute atomic E-state index is 0.0900. The third kappa shape index (κ3) is 2.81. The highest BCUT2D eigenvalue weighted by Gasteiger charge is 2.06. The SMILES string of the molecule is C=CCC(N)c1cc(I)ccc1C. The molecule has 1 aromatic rings. The van der Waals surface area contributed by atoms with Crippen LogP contribution in [-0.4, -0.2) is 0 Å². The number of nitrogens with two attached hydrogens (primary N) is 1. The van der Waals surface area contributed by atoms with Gasteiger partial charge in [-0.05, 0) is 59.2 Å². The summed E-state index contributed by atoms with van der Waals surface area (Å²) in [6.07, 6.45) is 2.70. The topological polar surface area (TPSA) is 26.0 Å². The Balaban J connectivity index is 2.97. The van der Waals surface area contributed by atoms with Gasteiger partial charge in [-0.1, -0.05) is 12.1 Å². The van der Waals surface area contributed by atoms with E-state index in [1.165, 1.54) is 14.7 Å². The van der Waals surface area contributed by atoms with Crippen LogP contribution in [0.1, 0.15) is 23.6 Å². The van der Waals surface area contributed by atoms with Crippen molar-refractivity contribution in [2.75, 3.05) is 0 Å². The quantitative estimate of drug-likeness (QED) is 0.670. The lowest BCUT2D eigenvalue weighted by atomic mass is 10.00. The molecule has 0 spiro atoms. The van der Waals surface area contributed by atoms with E-state index < -0.39 is 0 Å². The van der Waals surface area contributed by atoms with Gasteiger partial charge in [0.2, 0.25) is 0 Å². The van der Waals surface area contributed by atoms with Crippen LogP contribution in [0, 0.1) is 10.5 Å². The molecule has 0 bridgehead atoms. The number of rotatable bonds is 3. The van der Waals surface area contributed by atoms with E-state index in [1.54, 1.807) is 0 Å². The van der Waals surface area contributed by atoms with E-state index in [-0.39, 0.29) is 6.04 Å². The number of halogens is 1. The maximum atomic E-state index is 6.00. The summed E-state index contributed by atoms with van der Waals surface area (Å²) in [7, 11) is 0. The predicted molar refractivity (Wildman–Crippen MR) is 65.6 cm³/mol. The zero-order chi connectivity index (χ0) is 9.84. The van der Waals surface area contributed by atoms with Crippen molar-refractivity contribution in [3.05, 3.63) is 45.6 Å². The fourth-order valence-electron chi connectivity index (χ4n) is 1.32. The third-order valence-electron chi connectivity index (χ3n) is 2.06. The molecule has 2 heteroatoms. The van der Waals surface area contributed by atoms with Crippen molar-refractivity contribution in [1.82, 2.24) is 0 Å². The Labute approximate surface area is 93.2 Å². The standard InChI is InChI=1S/C11H14IN/c1-3-4-11(13)10-7-9(12)6-5-8(10)2/h3,5-7,11H,1,4,13H2,2H3. The zero-order valence-corrected chi connectivity index (χ0v) is 9.91. The molecule has 0 aliphatic carbocycles. The van der Waals surface area contributed by atoms with Crippen LogP contribution >= 0.6 is 22.6 Å². The summed E-state index contributed by atoms with van der Waals surface area (Å²) in [6, 6.07) is 6.44. The first-order valence-corrected chi connectivity index (χ1v) is 5.35. The highest BCUT2D eigenvalue weighted by Crippen LogP contribution is 2.20. The minimum Gasteiger partial charge on any atom is -0.324 e. The molecule has 0 radical (unpaired) electrons. The van der Waals surface area contributed by atoms with Crippen LogP contribution in [0.5, 0.6) is 0 Å². The van der Waals surface area contributed by atoms with Crippen molar-refractivity contribution >= 4 is 22.6 Å². The maximum absolute atomic E-state index is 6.00. The second-order valence-electron chi connectivity index (χ2n) is 3.13. The minimum atomic E-state index is 0.0900. The summed E-state index contributed by atoms with van der Waals surface area (Å²) in [5, 5.41) is 0. The van der Waals surface area contributed by atoms with Gasteiger partial charge in [0, 0.05) is 9.61 Å². The lowest BCUT2D eigenvalue weighted by Gasteiger charge is -2.12. The van der Waals surface area contributed by atoms with Gasteiger partial charge < -0.3 is 5.73 Å². The van der Waals surface area contributed by atoms with Crippen molar-refractivity contribution in [3.8, 4) is 0 Å². The van der Waals surface area contributed by atoms with Crippen LogP contribution in [0.15, 0.2) is 30.9 Å². The van der Waals surface area contributed by atoms with Crippen molar-refractivity contribution in [2.45, 2.75) is 19.4 Å². The molecule has 1 aromatic carbocycles. The predicted octanol–water partition coefficient (Wildman–Crippen LogP) is 3.18. The van der Waals surface area contributed by atoms with Gasteiger partial charge in [0.25, 0.3) is 0 Å². The fourth-order valence-corrected chi connectivity index (χ4v) is 1.83. The van der Waals surface area contributed by atoms with Crippen molar-refractivity contribution in [2.24, 2.45) is 5.73 Å². The van der Waals surface area contributed by atoms with Gasteiger partial charge in [-0.15, -0.1) is 6.58 Å². The summed E-state index contributed by atoms with van der Waals surface area (Å²) < 4.78 is 1.23. The summed E-state index contributed by atoms with van der Waals surface area (Å²) in [6.45, 7) is 5.79. The number of aryl methyl sites for hydroxylation is 1. The summed E-state index contributed by atoms with van der Waals surface area (Å²) >= 11 is 2.30. The average Bonchev–Trinajstić information content (AvgIpc) is 2.09. The summed E-state index contributed by atoms with van der Waals surface area (Å²) in [5.74, 6) is 0. The lowest BCUT2D eigenvalue weighted by Crippen LogP contribution is -2.10. The molecular weight excluding hydrogens is 273 g/mol. The second kappa shape index (κ2) is 4.77. The van der Waals surface area contributed by atoms with Crippen LogP contribution in [0.3, 0.4) is 0 Å². The normalized spacial score (nSPS) is 12.5. The first-order chi connectivity index (χ1) is 6.15. The Bertz CT molecular complexity index is 307. The molecule has 0 fully saturated rings. The summed E-state index contributed by atoms with van der Waals surface area (Å²) in [4.78, 5) is 0. The van der Waals surface area contributed by atoms with Gasteiger partial charge in [0.15, 0.2) is 0 Å². The number of benzene rings is 1.